The van der Waals surface area contributed by atoms with Crippen LogP contribution in [0, 0.1) is 0 Å². The molecule has 4 rings (SSSR count). The van der Waals surface area contributed by atoms with E-state index in [0.717, 1.165) is 24.0 Å². The Morgan fingerprint density at radius 1 is 1.17 bits per heavy atom. The minimum atomic E-state index is -1.10. The normalized spacial score (nSPS) is 14.8. The monoisotopic (exact) mass is 426 g/mol. The molecule has 2 amide bonds. The minimum Gasteiger partial charge on any atom is -0.465 e. The average Bonchev–Trinajstić information content (AvgIpc) is 3.14. The van der Waals surface area contributed by atoms with Crippen LogP contribution in [0.25, 0.3) is 16.6 Å². The molecule has 0 bridgehead atoms. The van der Waals surface area contributed by atoms with E-state index in [-0.39, 0.29) is 18.9 Å². The molecule has 0 atom stereocenters. The maximum atomic E-state index is 12.3. The van der Waals surface area contributed by atoms with Gasteiger partial charge in [-0.25, -0.2) is 4.79 Å². The fourth-order valence-electron chi connectivity index (χ4n) is 4.12. The van der Waals surface area contributed by atoms with E-state index >= 15 is 0 Å². The Kier molecular flexibility index (Phi) is 5.90. The first kappa shape index (κ1) is 20.2. The number of rotatable bonds is 5. The summed E-state index contributed by atoms with van der Waals surface area (Å²) >= 11 is 6.04. The van der Waals surface area contributed by atoms with Gasteiger partial charge in [0, 0.05) is 54.5 Å². The molecule has 1 aliphatic heterocycles. The summed E-state index contributed by atoms with van der Waals surface area (Å²) in [4.78, 5) is 29.0. The van der Waals surface area contributed by atoms with Crippen molar-refractivity contribution in [3.8, 4) is 5.69 Å². The molecule has 8 heteroatoms. The molecular formula is C22H23ClN4O3. The lowest BCUT2D eigenvalue weighted by atomic mass is 9.89. The van der Waals surface area contributed by atoms with E-state index in [1.165, 1.54) is 10.9 Å². The summed E-state index contributed by atoms with van der Waals surface area (Å²) in [7, 11) is 0. The number of piperidine rings is 1. The Morgan fingerprint density at radius 3 is 2.60 bits per heavy atom. The average molecular weight is 427 g/mol. The van der Waals surface area contributed by atoms with Crippen LogP contribution in [0.5, 0.6) is 0 Å². The number of nitrogens with one attached hydrogen (secondary N) is 1. The highest BCUT2D eigenvalue weighted by Crippen LogP contribution is 2.35. The van der Waals surface area contributed by atoms with Gasteiger partial charge in [-0.1, -0.05) is 11.6 Å². The van der Waals surface area contributed by atoms with Gasteiger partial charge in [0.2, 0.25) is 5.91 Å². The number of hydrogen-bond donors (Lipinski definition) is 2. The molecule has 2 aromatic heterocycles. The first-order valence-corrected chi connectivity index (χ1v) is 10.4. The van der Waals surface area contributed by atoms with Crippen LogP contribution in [0.3, 0.4) is 0 Å². The van der Waals surface area contributed by atoms with Gasteiger partial charge in [0.25, 0.3) is 0 Å². The maximum absolute atomic E-state index is 12.3. The molecule has 7 nitrogen and oxygen atoms in total. The molecule has 1 fully saturated rings. The molecule has 156 valence electrons. The molecule has 0 radical (unpaired) electrons. The van der Waals surface area contributed by atoms with Crippen LogP contribution < -0.4 is 5.32 Å². The Bertz CT molecular complexity index is 1060. The van der Waals surface area contributed by atoms with Crippen molar-refractivity contribution >= 4 is 34.5 Å². The van der Waals surface area contributed by atoms with Crippen molar-refractivity contribution in [3.05, 3.63) is 59.5 Å². The van der Waals surface area contributed by atoms with Crippen LogP contribution >= 0.6 is 11.6 Å². The van der Waals surface area contributed by atoms with Crippen molar-refractivity contribution in [2.24, 2.45) is 0 Å². The van der Waals surface area contributed by atoms with E-state index in [2.05, 4.69) is 21.1 Å². The molecule has 0 saturated carbocycles. The summed E-state index contributed by atoms with van der Waals surface area (Å²) in [6, 6.07) is 9.78. The van der Waals surface area contributed by atoms with Crippen molar-refractivity contribution in [1.82, 2.24) is 19.8 Å². The van der Waals surface area contributed by atoms with Gasteiger partial charge in [-0.3, -0.25) is 9.78 Å². The van der Waals surface area contributed by atoms with E-state index in [1.807, 2.05) is 47.6 Å². The van der Waals surface area contributed by atoms with Gasteiger partial charge in [0.05, 0.1) is 11.7 Å². The minimum absolute atomic E-state index is 0.00464. The molecule has 1 aromatic carbocycles. The highest BCUT2D eigenvalue weighted by atomic mass is 35.5. The summed E-state index contributed by atoms with van der Waals surface area (Å²) in [6.45, 7) is 1.50. The second-order valence-electron chi connectivity index (χ2n) is 7.46. The summed E-state index contributed by atoms with van der Waals surface area (Å²) in [5, 5.41) is 12.8. The zero-order chi connectivity index (χ0) is 21.1. The van der Waals surface area contributed by atoms with E-state index in [0.29, 0.717) is 24.0 Å². The van der Waals surface area contributed by atoms with E-state index in [1.54, 1.807) is 0 Å². The van der Waals surface area contributed by atoms with Gasteiger partial charge in [0.1, 0.15) is 0 Å². The van der Waals surface area contributed by atoms with E-state index in [9.17, 15) is 9.59 Å². The van der Waals surface area contributed by atoms with E-state index in [4.69, 9.17) is 16.7 Å². The van der Waals surface area contributed by atoms with Gasteiger partial charge < -0.3 is 19.9 Å². The topological polar surface area (TPSA) is 87.5 Å². The van der Waals surface area contributed by atoms with Gasteiger partial charge in [-0.2, -0.15) is 0 Å². The number of benzene rings is 1. The number of aromatic nitrogens is 2. The fraction of sp³-hybridized carbons (Fsp3) is 0.318. The molecule has 2 N–H and O–H groups in total. The van der Waals surface area contributed by atoms with Crippen LogP contribution in [0.1, 0.15) is 30.7 Å². The Balaban J connectivity index is 1.50. The Hall–Kier alpha value is -3.06. The number of amides is 2. The summed E-state index contributed by atoms with van der Waals surface area (Å²) < 4.78 is 2.14. The van der Waals surface area contributed by atoms with Gasteiger partial charge in [0.15, 0.2) is 0 Å². The number of pyridine rings is 1. The summed E-state index contributed by atoms with van der Waals surface area (Å²) in [5.41, 5.74) is 3.34. The first-order valence-electron chi connectivity index (χ1n) is 9.98. The second-order valence-corrected chi connectivity index (χ2v) is 7.90. The van der Waals surface area contributed by atoms with Crippen molar-refractivity contribution in [2.45, 2.75) is 25.2 Å². The predicted molar refractivity (Wildman–Crippen MR) is 115 cm³/mol. The Morgan fingerprint density at radius 2 is 1.90 bits per heavy atom. The van der Waals surface area contributed by atoms with E-state index < -0.39 is 6.09 Å². The number of carboxylic acid groups (broad SMARTS) is 1. The molecule has 0 unspecified atom stereocenters. The number of fused-ring (bicyclic) bond motifs is 1. The molecule has 3 heterocycles. The molecule has 1 saturated heterocycles. The first-order chi connectivity index (χ1) is 14.5. The second kappa shape index (κ2) is 8.75. The SMILES string of the molecule is O=C(O)NCCC(=O)N1CCC(c2cn(-c3ccc(Cl)cc3)c3cnccc23)CC1. The van der Waals surface area contributed by atoms with Gasteiger partial charge in [-0.15, -0.1) is 0 Å². The number of likely N-dealkylation sites (tertiary alicyclic amines) is 1. The smallest absolute Gasteiger partial charge is 0.404 e. The van der Waals surface area contributed by atoms with Gasteiger partial charge >= 0.3 is 6.09 Å². The number of hydrogen-bond acceptors (Lipinski definition) is 3. The lowest BCUT2D eigenvalue weighted by Gasteiger charge is -2.32. The summed E-state index contributed by atoms with van der Waals surface area (Å²) in [5.74, 6) is 0.347. The molecule has 0 aliphatic carbocycles. The maximum Gasteiger partial charge on any atom is 0.404 e. The Labute approximate surface area is 179 Å². The quantitative estimate of drug-likeness (QED) is 0.644. The lowest BCUT2D eigenvalue weighted by molar-refractivity contribution is -0.132. The van der Waals surface area contributed by atoms with Crippen molar-refractivity contribution in [1.29, 1.82) is 0 Å². The standard InChI is InChI=1S/C22H23ClN4O3/c23-16-1-3-17(4-2-16)27-14-19(18-5-9-24-13-20(18)27)15-7-11-26(12-8-15)21(28)6-10-25-22(29)30/h1-5,9,13-15,25H,6-8,10-12H2,(H,29,30). The van der Waals surface area contributed by atoms with Crippen molar-refractivity contribution in [3.63, 3.8) is 0 Å². The number of carbonyl (C=O) groups is 2. The van der Waals surface area contributed by atoms with Gasteiger partial charge in [-0.05, 0) is 54.7 Å². The molecule has 30 heavy (non-hydrogen) atoms. The van der Waals surface area contributed by atoms with Crippen LogP contribution in [0.4, 0.5) is 4.79 Å². The van der Waals surface area contributed by atoms with Crippen LogP contribution in [0.2, 0.25) is 5.02 Å². The van der Waals surface area contributed by atoms with Crippen molar-refractivity contribution in [2.75, 3.05) is 19.6 Å². The zero-order valence-corrected chi connectivity index (χ0v) is 17.2. The number of halogens is 1. The fourth-order valence-corrected chi connectivity index (χ4v) is 4.24. The molecular weight excluding hydrogens is 404 g/mol. The highest BCUT2D eigenvalue weighted by Gasteiger charge is 2.26. The third-order valence-corrected chi connectivity index (χ3v) is 5.90. The predicted octanol–water partition coefficient (Wildman–Crippen LogP) is 4.04. The molecule has 1 aliphatic rings. The third kappa shape index (κ3) is 4.26. The largest absolute Gasteiger partial charge is 0.465 e. The summed E-state index contributed by atoms with van der Waals surface area (Å²) in [6.07, 6.45) is 6.70. The van der Waals surface area contributed by atoms with Crippen LogP contribution in [-0.4, -0.2) is 51.2 Å². The van der Waals surface area contributed by atoms with Crippen LogP contribution in [0.15, 0.2) is 48.9 Å². The molecule has 0 spiro atoms. The lowest BCUT2D eigenvalue weighted by Crippen LogP contribution is -2.39. The zero-order valence-electron chi connectivity index (χ0n) is 16.4. The molecule has 3 aromatic rings. The van der Waals surface area contributed by atoms with Crippen LogP contribution in [-0.2, 0) is 4.79 Å². The number of carbonyl (C=O) groups excluding carboxylic acids is 1. The third-order valence-electron chi connectivity index (χ3n) is 5.65. The van der Waals surface area contributed by atoms with Crippen molar-refractivity contribution < 1.29 is 14.7 Å². The highest BCUT2D eigenvalue weighted by molar-refractivity contribution is 6.30. The number of nitrogens with zero attached hydrogens (tertiary/aromatic N) is 3.